The van der Waals surface area contributed by atoms with E-state index in [2.05, 4.69) is 25.3 Å². The SMILES string of the molecule is CC[C@@H](Nc1ncnc2c1nc(-c1cnc(C)nc1)n2CC)C(=O)N1CCOC[C@@H]1CO. The Morgan fingerprint density at radius 3 is 2.75 bits per heavy atom. The number of aliphatic hydroxyl groups is 1. The number of aryl methyl sites for hydroxylation is 2. The van der Waals surface area contributed by atoms with Gasteiger partial charge in [0.05, 0.1) is 31.4 Å². The second kappa shape index (κ2) is 9.53. The van der Waals surface area contributed by atoms with Crippen LogP contribution in [0.5, 0.6) is 0 Å². The second-order valence-corrected chi connectivity index (χ2v) is 7.64. The predicted molar refractivity (Wildman–Crippen MR) is 118 cm³/mol. The van der Waals surface area contributed by atoms with Crippen molar-refractivity contribution in [3.8, 4) is 11.4 Å². The van der Waals surface area contributed by atoms with Crippen LogP contribution in [0.1, 0.15) is 26.1 Å². The van der Waals surface area contributed by atoms with Gasteiger partial charge in [0.25, 0.3) is 0 Å². The molecule has 1 fully saturated rings. The number of carbonyl (C=O) groups excluding carboxylic acids is 1. The Bertz CT molecular complexity index is 1080. The number of morpholine rings is 1. The first kappa shape index (κ1) is 22.0. The molecule has 1 aliphatic heterocycles. The Morgan fingerprint density at radius 2 is 2.06 bits per heavy atom. The van der Waals surface area contributed by atoms with E-state index in [0.717, 1.165) is 5.56 Å². The maximum Gasteiger partial charge on any atom is 0.245 e. The van der Waals surface area contributed by atoms with Crippen molar-refractivity contribution in [2.75, 3.05) is 31.7 Å². The van der Waals surface area contributed by atoms with Crippen LogP contribution in [-0.2, 0) is 16.1 Å². The van der Waals surface area contributed by atoms with Crippen molar-refractivity contribution in [2.45, 2.75) is 45.8 Å². The fourth-order valence-electron chi connectivity index (χ4n) is 3.87. The number of rotatable bonds is 7. The third-order valence-corrected chi connectivity index (χ3v) is 5.63. The summed E-state index contributed by atoms with van der Waals surface area (Å²) in [5, 5.41) is 12.9. The Kier molecular flexibility index (Phi) is 6.56. The highest BCUT2D eigenvalue weighted by atomic mass is 16.5. The number of hydrogen-bond donors (Lipinski definition) is 2. The van der Waals surface area contributed by atoms with Gasteiger partial charge in [-0.05, 0) is 20.3 Å². The van der Waals surface area contributed by atoms with E-state index in [1.54, 1.807) is 17.3 Å². The van der Waals surface area contributed by atoms with Crippen LogP contribution < -0.4 is 5.32 Å². The molecular formula is C21H28N8O3. The summed E-state index contributed by atoms with van der Waals surface area (Å²) in [6, 6.07) is -0.858. The van der Waals surface area contributed by atoms with Crippen molar-refractivity contribution in [1.29, 1.82) is 0 Å². The van der Waals surface area contributed by atoms with Crippen LogP contribution in [0.25, 0.3) is 22.6 Å². The summed E-state index contributed by atoms with van der Waals surface area (Å²) in [5.41, 5.74) is 2.03. The van der Waals surface area contributed by atoms with Crippen molar-refractivity contribution in [3.05, 3.63) is 24.5 Å². The summed E-state index contributed by atoms with van der Waals surface area (Å²) >= 11 is 0. The highest BCUT2D eigenvalue weighted by molar-refractivity contribution is 5.90. The van der Waals surface area contributed by atoms with Crippen molar-refractivity contribution in [2.24, 2.45) is 0 Å². The number of fused-ring (bicyclic) bond motifs is 1. The quantitative estimate of drug-likeness (QED) is 0.553. The molecular weight excluding hydrogens is 412 g/mol. The molecule has 170 valence electrons. The van der Waals surface area contributed by atoms with Crippen LogP contribution in [0, 0.1) is 6.92 Å². The average molecular weight is 441 g/mol. The molecule has 1 saturated heterocycles. The smallest absolute Gasteiger partial charge is 0.245 e. The fraction of sp³-hybridized carbons (Fsp3) is 0.524. The summed E-state index contributed by atoms with van der Waals surface area (Å²) in [5.74, 6) is 1.77. The molecule has 11 nitrogen and oxygen atoms in total. The minimum Gasteiger partial charge on any atom is -0.394 e. The lowest BCUT2D eigenvalue weighted by Crippen LogP contribution is -2.54. The minimum absolute atomic E-state index is 0.0938. The first-order valence-corrected chi connectivity index (χ1v) is 10.8. The monoisotopic (exact) mass is 440 g/mol. The summed E-state index contributed by atoms with van der Waals surface area (Å²) in [7, 11) is 0. The highest BCUT2D eigenvalue weighted by Crippen LogP contribution is 2.27. The zero-order valence-electron chi connectivity index (χ0n) is 18.5. The number of imidazole rings is 1. The number of nitrogens with zero attached hydrogens (tertiary/aromatic N) is 7. The number of amides is 1. The van der Waals surface area contributed by atoms with Gasteiger partial charge in [-0.1, -0.05) is 6.92 Å². The van der Waals surface area contributed by atoms with Crippen molar-refractivity contribution >= 4 is 22.9 Å². The first-order valence-electron chi connectivity index (χ1n) is 10.8. The van der Waals surface area contributed by atoms with E-state index in [9.17, 15) is 9.90 Å². The Labute approximate surface area is 185 Å². The van der Waals surface area contributed by atoms with Gasteiger partial charge in [-0.3, -0.25) is 4.79 Å². The van der Waals surface area contributed by atoms with Crippen molar-refractivity contribution in [3.63, 3.8) is 0 Å². The summed E-state index contributed by atoms with van der Waals surface area (Å²) in [6.45, 7) is 7.53. The molecule has 2 N–H and O–H groups in total. The van der Waals surface area contributed by atoms with E-state index in [4.69, 9.17) is 9.72 Å². The van der Waals surface area contributed by atoms with Crippen LogP contribution in [0.4, 0.5) is 5.82 Å². The average Bonchev–Trinajstić information content (AvgIpc) is 3.22. The van der Waals surface area contributed by atoms with E-state index < -0.39 is 6.04 Å². The molecule has 0 spiro atoms. The summed E-state index contributed by atoms with van der Waals surface area (Å²) in [4.78, 5) is 37.1. The van der Waals surface area contributed by atoms with E-state index in [-0.39, 0.29) is 18.6 Å². The van der Waals surface area contributed by atoms with Gasteiger partial charge in [-0.15, -0.1) is 0 Å². The zero-order valence-corrected chi connectivity index (χ0v) is 18.5. The van der Waals surface area contributed by atoms with E-state index in [1.807, 2.05) is 25.3 Å². The van der Waals surface area contributed by atoms with Gasteiger partial charge in [0.15, 0.2) is 17.0 Å². The van der Waals surface area contributed by atoms with E-state index >= 15 is 0 Å². The third-order valence-electron chi connectivity index (χ3n) is 5.63. The van der Waals surface area contributed by atoms with Gasteiger partial charge >= 0.3 is 0 Å². The highest BCUT2D eigenvalue weighted by Gasteiger charge is 2.31. The van der Waals surface area contributed by atoms with Gasteiger partial charge in [-0.2, -0.15) is 0 Å². The molecule has 11 heteroatoms. The van der Waals surface area contributed by atoms with Crippen LogP contribution in [0.3, 0.4) is 0 Å². The number of hydrogen-bond acceptors (Lipinski definition) is 9. The minimum atomic E-state index is -0.516. The number of aromatic nitrogens is 6. The molecule has 0 unspecified atom stereocenters. The molecule has 0 bridgehead atoms. The molecule has 4 rings (SSSR count). The summed E-state index contributed by atoms with van der Waals surface area (Å²) < 4.78 is 7.38. The van der Waals surface area contributed by atoms with Crippen LogP contribution in [0.2, 0.25) is 0 Å². The van der Waals surface area contributed by atoms with Gasteiger partial charge in [0.1, 0.15) is 24.0 Å². The number of carbonyl (C=O) groups is 1. The van der Waals surface area contributed by atoms with Crippen LogP contribution in [-0.4, -0.2) is 83.8 Å². The normalized spacial score (nSPS) is 17.5. The zero-order chi connectivity index (χ0) is 22.7. The molecule has 3 aromatic heterocycles. The van der Waals surface area contributed by atoms with Crippen molar-refractivity contribution in [1.82, 2.24) is 34.4 Å². The lowest BCUT2D eigenvalue weighted by atomic mass is 10.1. The molecule has 4 heterocycles. The maximum absolute atomic E-state index is 13.2. The largest absolute Gasteiger partial charge is 0.394 e. The standard InChI is InChI=1S/C21H28N8O3/c1-4-16(21(31)29-6-7-32-11-15(29)10-30)26-18-17-20(25-12-24-18)28(5-2)19(27-17)14-8-22-13(3)23-9-14/h8-9,12,15-16,30H,4-7,10-11H2,1-3H3,(H,24,25,26)/t15-,16+/m0/s1. The molecule has 0 aliphatic carbocycles. The molecule has 32 heavy (non-hydrogen) atoms. The van der Waals surface area contributed by atoms with E-state index in [0.29, 0.717) is 61.4 Å². The molecule has 2 atom stereocenters. The second-order valence-electron chi connectivity index (χ2n) is 7.64. The number of nitrogens with one attached hydrogen (secondary N) is 1. The van der Waals surface area contributed by atoms with Gasteiger partial charge in [0.2, 0.25) is 5.91 Å². The number of ether oxygens (including phenoxy) is 1. The Hall–Kier alpha value is -3.18. The van der Waals surface area contributed by atoms with Gasteiger partial charge in [0, 0.05) is 25.5 Å². The van der Waals surface area contributed by atoms with E-state index in [1.165, 1.54) is 6.33 Å². The Balaban J connectivity index is 1.68. The fourth-order valence-corrected chi connectivity index (χ4v) is 3.87. The predicted octanol–water partition coefficient (Wildman–Crippen LogP) is 1.02. The molecule has 1 aliphatic rings. The Morgan fingerprint density at radius 1 is 1.28 bits per heavy atom. The van der Waals surface area contributed by atoms with Gasteiger partial charge in [-0.25, -0.2) is 24.9 Å². The topological polar surface area (TPSA) is 131 Å². The lowest BCUT2D eigenvalue weighted by molar-refractivity contribution is -0.142. The molecule has 0 radical (unpaired) electrons. The maximum atomic E-state index is 13.2. The molecule has 1 amide bonds. The summed E-state index contributed by atoms with van der Waals surface area (Å²) in [6.07, 6.45) is 5.49. The van der Waals surface area contributed by atoms with Crippen molar-refractivity contribution < 1.29 is 14.6 Å². The molecule has 0 saturated carbocycles. The van der Waals surface area contributed by atoms with Crippen LogP contribution >= 0.6 is 0 Å². The number of aliphatic hydroxyl groups excluding tert-OH is 1. The third kappa shape index (κ3) is 4.13. The molecule has 3 aromatic rings. The lowest BCUT2D eigenvalue weighted by Gasteiger charge is -2.36. The molecule has 0 aromatic carbocycles. The number of anilines is 1. The van der Waals surface area contributed by atoms with Crippen LogP contribution in [0.15, 0.2) is 18.7 Å². The van der Waals surface area contributed by atoms with Gasteiger partial charge < -0.3 is 24.6 Å². The first-order chi connectivity index (χ1) is 15.6.